The lowest BCUT2D eigenvalue weighted by Crippen LogP contribution is -2.48. The van der Waals surface area contributed by atoms with E-state index in [9.17, 15) is 4.79 Å². The summed E-state index contributed by atoms with van der Waals surface area (Å²) in [5.74, 6) is 0.598. The van der Waals surface area contributed by atoms with Gasteiger partial charge in [0.25, 0.3) is 5.91 Å². The minimum Gasteiger partial charge on any atom is -0.496 e. The highest BCUT2D eigenvalue weighted by Crippen LogP contribution is 2.18. The van der Waals surface area contributed by atoms with E-state index in [1.54, 1.807) is 13.3 Å². The largest absolute Gasteiger partial charge is 0.496 e. The van der Waals surface area contributed by atoms with Crippen molar-refractivity contribution in [3.8, 4) is 5.75 Å². The van der Waals surface area contributed by atoms with Crippen LogP contribution in [0.2, 0.25) is 5.02 Å². The predicted octanol–water partition coefficient (Wildman–Crippen LogP) is 2.62. The van der Waals surface area contributed by atoms with Gasteiger partial charge in [0.2, 0.25) is 0 Å². The number of ether oxygens (including phenoxy) is 1. The van der Waals surface area contributed by atoms with Gasteiger partial charge in [-0.25, -0.2) is 5.43 Å². The SMILES string of the molecule is COc1ccccc1/C=N/NC(=O)CN1CCN(Cc2ccccc2Cl)CC1. The first-order valence-corrected chi connectivity index (χ1v) is 9.66. The van der Waals surface area contributed by atoms with Gasteiger partial charge >= 0.3 is 0 Å². The summed E-state index contributed by atoms with van der Waals surface area (Å²) in [4.78, 5) is 16.6. The summed E-state index contributed by atoms with van der Waals surface area (Å²) in [6.45, 7) is 4.67. The molecule has 1 N–H and O–H groups in total. The molecule has 1 aliphatic heterocycles. The first-order valence-electron chi connectivity index (χ1n) is 9.29. The summed E-state index contributed by atoms with van der Waals surface area (Å²) >= 11 is 6.24. The number of rotatable bonds is 7. The van der Waals surface area contributed by atoms with Crippen molar-refractivity contribution in [1.29, 1.82) is 0 Å². The second-order valence-corrected chi connectivity index (χ2v) is 7.09. The molecule has 28 heavy (non-hydrogen) atoms. The summed E-state index contributed by atoms with van der Waals surface area (Å²) in [5, 5.41) is 4.84. The van der Waals surface area contributed by atoms with Crippen molar-refractivity contribution in [2.45, 2.75) is 6.54 Å². The van der Waals surface area contributed by atoms with Crippen molar-refractivity contribution in [3.05, 3.63) is 64.7 Å². The van der Waals surface area contributed by atoms with Gasteiger partial charge in [0.15, 0.2) is 0 Å². The third-order valence-electron chi connectivity index (χ3n) is 4.72. The molecule has 7 heteroatoms. The summed E-state index contributed by atoms with van der Waals surface area (Å²) in [6.07, 6.45) is 1.60. The van der Waals surface area contributed by atoms with E-state index < -0.39 is 0 Å². The molecule has 6 nitrogen and oxygen atoms in total. The number of carbonyl (C=O) groups excluding carboxylic acids is 1. The van der Waals surface area contributed by atoms with Crippen molar-refractivity contribution in [1.82, 2.24) is 15.2 Å². The maximum Gasteiger partial charge on any atom is 0.254 e. The lowest BCUT2D eigenvalue weighted by Gasteiger charge is -2.34. The number of hydrogen-bond acceptors (Lipinski definition) is 5. The molecule has 0 bridgehead atoms. The van der Waals surface area contributed by atoms with E-state index in [0.29, 0.717) is 6.54 Å². The van der Waals surface area contributed by atoms with E-state index in [4.69, 9.17) is 16.3 Å². The van der Waals surface area contributed by atoms with E-state index in [-0.39, 0.29) is 5.91 Å². The molecular formula is C21H25ClN4O2. The minimum atomic E-state index is -0.120. The van der Waals surface area contributed by atoms with E-state index in [0.717, 1.165) is 54.6 Å². The molecule has 148 valence electrons. The minimum absolute atomic E-state index is 0.120. The van der Waals surface area contributed by atoms with Crippen molar-refractivity contribution >= 4 is 23.7 Å². The highest BCUT2D eigenvalue weighted by atomic mass is 35.5. The molecule has 0 spiro atoms. The van der Waals surface area contributed by atoms with E-state index >= 15 is 0 Å². The maximum atomic E-state index is 12.1. The molecule has 1 aliphatic rings. The summed E-state index contributed by atoms with van der Waals surface area (Å²) in [6, 6.07) is 15.4. The van der Waals surface area contributed by atoms with Gasteiger partial charge in [0.1, 0.15) is 5.75 Å². The monoisotopic (exact) mass is 400 g/mol. The number of nitrogens with zero attached hydrogens (tertiary/aromatic N) is 3. The first kappa shape index (κ1) is 20.3. The molecule has 0 radical (unpaired) electrons. The topological polar surface area (TPSA) is 57.2 Å². The number of carbonyl (C=O) groups is 1. The van der Waals surface area contributed by atoms with Crippen LogP contribution in [0.4, 0.5) is 0 Å². The van der Waals surface area contributed by atoms with E-state index in [1.165, 1.54) is 0 Å². The molecule has 2 aromatic rings. The van der Waals surface area contributed by atoms with Gasteiger partial charge in [-0.3, -0.25) is 14.6 Å². The van der Waals surface area contributed by atoms with E-state index in [1.807, 2.05) is 42.5 Å². The van der Waals surface area contributed by atoms with Crippen LogP contribution in [-0.4, -0.2) is 61.8 Å². The van der Waals surface area contributed by atoms with Crippen LogP contribution in [0.25, 0.3) is 0 Å². The third-order valence-corrected chi connectivity index (χ3v) is 5.08. The highest BCUT2D eigenvalue weighted by Gasteiger charge is 2.19. The van der Waals surface area contributed by atoms with Crippen molar-refractivity contribution < 1.29 is 9.53 Å². The molecule has 0 aromatic heterocycles. The second-order valence-electron chi connectivity index (χ2n) is 6.68. The molecule has 2 aromatic carbocycles. The zero-order valence-corrected chi connectivity index (χ0v) is 16.7. The number of hydrogen-bond donors (Lipinski definition) is 1. The summed E-state index contributed by atoms with van der Waals surface area (Å²) < 4.78 is 5.26. The zero-order chi connectivity index (χ0) is 19.8. The molecule has 1 fully saturated rings. The third kappa shape index (κ3) is 5.79. The van der Waals surface area contributed by atoms with Crippen LogP contribution in [-0.2, 0) is 11.3 Å². The standard InChI is InChI=1S/C21H25ClN4O2/c1-28-20-9-5-3-6-17(20)14-23-24-21(27)16-26-12-10-25(11-13-26)15-18-7-2-4-8-19(18)22/h2-9,14H,10-13,15-16H2,1H3,(H,24,27)/b23-14+. The summed E-state index contributed by atoms with van der Waals surface area (Å²) in [5.41, 5.74) is 4.55. The van der Waals surface area contributed by atoms with Crippen molar-refractivity contribution in [2.24, 2.45) is 5.10 Å². The second kappa shape index (κ2) is 10.2. The van der Waals surface area contributed by atoms with Crippen molar-refractivity contribution in [3.63, 3.8) is 0 Å². The normalized spacial score (nSPS) is 15.6. The maximum absolute atomic E-state index is 12.1. The number of para-hydroxylation sites is 1. The molecule has 0 saturated carbocycles. The van der Waals surface area contributed by atoms with Gasteiger partial charge in [-0.05, 0) is 23.8 Å². The summed E-state index contributed by atoms with van der Waals surface area (Å²) in [7, 11) is 1.61. The molecular weight excluding hydrogens is 376 g/mol. The van der Waals surface area contributed by atoms with Gasteiger partial charge in [-0.2, -0.15) is 5.10 Å². The Morgan fingerprint density at radius 3 is 2.54 bits per heavy atom. The van der Waals surface area contributed by atoms with Crippen LogP contribution in [0.15, 0.2) is 53.6 Å². The number of benzene rings is 2. The van der Waals surface area contributed by atoms with Crippen LogP contribution in [0.5, 0.6) is 5.75 Å². The fourth-order valence-corrected chi connectivity index (χ4v) is 3.35. The number of nitrogens with one attached hydrogen (secondary N) is 1. The van der Waals surface area contributed by atoms with Crippen molar-refractivity contribution in [2.75, 3.05) is 39.8 Å². The van der Waals surface area contributed by atoms with Crippen LogP contribution in [0.1, 0.15) is 11.1 Å². The predicted molar refractivity (Wildman–Crippen MR) is 112 cm³/mol. The Balaban J connectivity index is 1.41. The number of methoxy groups -OCH3 is 1. The lowest BCUT2D eigenvalue weighted by molar-refractivity contribution is -0.122. The molecule has 1 saturated heterocycles. The fourth-order valence-electron chi connectivity index (χ4n) is 3.16. The van der Waals surface area contributed by atoms with Crippen LogP contribution in [0.3, 0.4) is 0 Å². The Hall–Kier alpha value is -2.41. The highest BCUT2D eigenvalue weighted by molar-refractivity contribution is 6.31. The number of amides is 1. The zero-order valence-electron chi connectivity index (χ0n) is 16.0. The van der Waals surface area contributed by atoms with Gasteiger partial charge < -0.3 is 4.74 Å². The van der Waals surface area contributed by atoms with Crippen LogP contribution >= 0.6 is 11.6 Å². The van der Waals surface area contributed by atoms with Crippen LogP contribution < -0.4 is 10.2 Å². The Bertz CT molecular complexity index is 820. The lowest BCUT2D eigenvalue weighted by atomic mass is 10.2. The molecule has 3 rings (SSSR count). The molecule has 0 unspecified atom stereocenters. The van der Waals surface area contributed by atoms with Crippen LogP contribution in [0, 0.1) is 0 Å². The van der Waals surface area contributed by atoms with Gasteiger partial charge in [0.05, 0.1) is 19.9 Å². The fraction of sp³-hybridized carbons (Fsp3) is 0.333. The van der Waals surface area contributed by atoms with Gasteiger partial charge in [0, 0.05) is 43.3 Å². The average Bonchev–Trinajstić information content (AvgIpc) is 2.71. The molecule has 0 atom stereocenters. The number of hydrazone groups is 1. The van der Waals surface area contributed by atoms with Gasteiger partial charge in [-0.1, -0.05) is 41.9 Å². The Labute approximate surface area is 170 Å². The molecule has 1 amide bonds. The quantitative estimate of drug-likeness (QED) is 0.573. The first-order chi connectivity index (χ1) is 13.7. The average molecular weight is 401 g/mol. The number of piperazine rings is 1. The molecule has 1 heterocycles. The number of halogens is 1. The Kier molecular flexibility index (Phi) is 7.42. The van der Waals surface area contributed by atoms with E-state index in [2.05, 4.69) is 26.4 Å². The van der Waals surface area contributed by atoms with Gasteiger partial charge in [-0.15, -0.1) is 0 Å². The smallest absolute Gasteiger partial charge is 0.254 e. The Morgan fingerprint density at radius 1 is 1.11 bits per heavy atom. The Morgan fingerprint density at radius 2 is 1.79 bits per heavy atom. The molecule has 0 aliphatic carbocycles.